The summed E-state index contributed by atoms with van der Waals surface area (Å²) in [7, 11) is 0. The van der Waals surface area contributed by atoms with Crippen molar-refractivity contribution < 1.29 is 4.39 Å². The van der Waals surface area contributed by atoms with Crippen LogP contribution in [0.2, 0.25) is 10.0 Å². The third kappa shape index (κ3) is 3.55. The Morgan fingerprint density at radius 1 is 1.07 bits per heavy atom. The summed E-state index contributed by atoms with van der Waals surface area (Å²) in [4.78, 5) is 9.19. The van der Waals surface area contributed by atoms with Crippen LogP contribution in [0.15, 0.2) is 54.7 Å². The molecule has 4 aromatic rings. The second-order valence-electron chi connectivity index (χ2n) is 6.38. The lowest BCUT2D eigenvalue weighted by molar-refractivity contribution is 0.628. The largest absolute Gasteiger partial charge is 0.339 e. The molecule has 0 aliphatic rings. The first kappa shape index (κ1) is 18.7. The molecule has 0 spiro atoms. The van der Waals surface area contributed by atoms with Crippen molar-refractivity contribution in [2.45, 2.75) is 19.9 Å². The molecule has 0 radical (unpaired) electrons. The SMILES string of the molecule is CCCn1c(-c2cnc(Nc3ccc(F)cc3)c(Cl)c2)nc2cccc(Cl)c21. The van der Waals surface area contributed by atoms with Crippen molar-refractivity contribution in [1.82, 2.24) is 14.5 Å². The van der Waals surface area contributed by atoms with Gasteiger partial charge in [0.25, 0.3) is 0 Å². The molecule has 142 valence electrons. The fourth-order valence-electron chi connectivity index (χ4n) is 3.13. The van der Waals surface area contributed by atoms with Crippen LogP contribution >= 0.6 is 23.2 Å². The highest BCUT2D eigenvalue weighted by molar-refractivity contribution is 6.35. The lowest BCUT2D eigenvalue weighted by atomic mass is 10.2. The summed E-state index contributed by atoms with van der Waals surface area (Å²) in [5.41, 5.74) is 3.25. The van der Waals surface area contributed by atoms with Gasteiger partial charge >= 0.3 is 0 Å². The van der Waals surface area contributed by atoms with E-state index in [2.05, 4.69) is 21.8 Å². The van der Waals surface area contributed by atoms with Crippen LogP contribution in [0.5, 0.6) is 0 Å². The molecule has 0 fully saturated rings. The molecule has 0 saturated heterocycles. The van der Waals surface area contributed by atoms with E-state index in [1.54, 1.807) is 18.3 Å². The number of pyridine rings is 1. The van der Waals surface area contributed by atoms with Gasteiger partial charge in [-0.3, -0.25) is 0 Å². The van der Waals surface area contributed by atoms with Crippen LogP contribution in [0.1, 0.15) is 13.3 Å². The van der Waals surface area contributed by atoms with Crippen LogP contribution in [-0.4, -0.2) is 14.5 Å². The number of hydrogen-bond donors (Lipinski definition) is 1. The number of halogens is 3. The fraction of sp³-hybridized carbons (Fsp3) is 0.143. The summed E-state index contributed by atoms with van der Waals surface area (Å²) in [6, 6.07) is 13.5. The lowest BCUT2D eigenvalue weighted by Gasteiger charge is -2.11. The molecule has 1 N–H and O–H groups in total. The number of hydrogen-bond acceptors (Lipinski definition) is 3. The molecule has 0 aliphatic carbocycles. The molecule has 2 aromatic heterocycles. The Bertz CT molecular complexity index is 1140. The smallest absolute Gasteiger partial charge is 0.149 e. The Labute approximate surface area is 172 Å². The minimum atomic E-state index is -0.298. The number of imidazole rings is 1. The van der Waals surface area contributed by atoms with Crippen molar-refractivity contribution in [3.8, 4) is 11.4 Å². The van der Waals surface area contributed by atoms with Crippen molar-refractivity contribution in [3.05, 3.63) is 70.6 Å². The molecule has 0 bridgehead atoms. The van der Waals surface area contributed by atoms with Gasteiger partial charge in [0.15, 0.2) is 0 Å². The van der Waals surface area contributed by atoms with E-state index in [1.807, 2.05) is 24.3 Å². The van der Waals surface area contributed by atoms with Crippen LogP contribution in [0.3, 0.4) is 0 Å². The highest BCUT2D eigenvalue weighted by atomic mass is 35.5. The van der Waals surface area contributed by atoms with Crippen molar-refractivity contribution in [2.24, 2.45) is 0 Å². The van der Waals surface area contributed by atoms with Gasteiger partial charge in [0.05, 0.1) is 21.1 Å². The third-order valence-electron chi connectivity index (χ3n) is 4.37. The van der Waals surface area contributed by atoms with Crippen molar-refractivity contribution in [1.29, 1.82) is 0 Å². The second kappa shape index (κ2) is 7.78. The maximum Gasteiger partial charge on any atom is 0.149 e. The van der Waals surface area contributed by atoms with E-state index in [0.717, 1.165) is 35.4 Å². The van der Waals surface area contributed by atoms with E-state index < -0.39 is 0 Å². The average Bonchev–Trinajstić information content (AvgIpc) is 3.05. The van der Waals surface area contributed by atoms with Crippen molar-refractivity contribution in [3.63, 3.8) is 0 Å². The predicted molar refractivity (Wildman–Crippen MR) is 113 cm³/mol. The summed E-state index contributed by atoms with van der Waals surface area (Å²) in [6.45, 7) is 2.89. The van der Waals surface area contributed by atoms with Crippen molar-refractivity contribution in [2.75, 3.05) is 5.32 Å². The predicted octanol–water partition coefficient (Wildman–Crippen LogP) is 6.70. The molecule has 2 heterocycles. The Kier molecular flexibility index (Phi) is 5.20. The minimum Gasteiger partial charge on any atom is -0.339 e. The molecule has 0 saturated carbocycles. The van der Waals surface area contributed by atoms with E-state index in [1.165, 1.54) is 12.1 Å². The number of benzene rings is 2. The summed E-state index contributed by atoms with van der Waals surface area (Å²) >= 11 is 12.9. The number of nitrogens with zero attached hydrogens (tertiary/aromatic N) is 3. The lowest BCUT2D eigenvalue weighted by Crippen LogP contribution is -2.01. The van der Waals surface area contributed by atoms with Gasteiger partial charge in [-0.25, -0.2) is 14.4 Å². The molecule has 4 nitrogen and oxygen atoms in total. The molecule has 2 aromatic carbocycles. The Morgan fingerprint density at radius 3 is 2.57 bits per heavy atom. The monoisotopic (exact) mass is 414 g/mol. The molecule has 7 heteroatoms. The van der Waals surface area contributed by atoms with E-state index >= 15 is 0 Å². The van der Waals surface area contributed by atoms with E-state index in [9.17, 15) is 4.39 Å². The van der Waals surface area contributed by atoms with E-state index in [-0.39, 0.29) is 5.82 Å². The van der Waals surface area contributed by atoms with Crippen LogP contribution in [0.4, 0.5) is 15.9 Å². The maximum absolute atomic E-state index is 13.1. The van der Waals surface area contributed by atoms with Crippen molar-refractivity contribution >= 4 is 45.7 Å². The van der Waals surface area contributed by atoms with Crippen LogP contribution in [-0.2, 0) is 6.54 Å². The van der Waals surface area contributed by atoms with Crippen LogP contribution < -0.4 is 5.32 Å². The first-order valence-electron chi connectivity index (χ1n) is 8.90. The third-order valence-corrected chi connectivity index (χ3v) is 4.96. The number of para-hydroxylation sites is 1. The number of aromatic nitrogens is 3. The molecule has 4 rings (SSSR count). The number of anilines is 2. The molecule has 0 atom stereocenters. The zero-order valence-corrected chi connectivity index (χ0v) is 16.6. The van der Waals surface area contributed by atoms with Gasteiger partial charge < -0.3 is 9.88 Å². The standard InChI is InChI=1S/C21H17Cl2FN4/c1-2-10-28-19-16(22)4-3-5-18(19)27-21(28)13-11-17(23)20(25-12-13)26-15-8-6-14(24)7-9-15/h3-9,11-12H,2,10H2,1H3,(H,25,26). The quantitative estimate of drug-likeness (QED) is 0.395. The van der Waals surface area contributed by atoms with Gasteiger partial charge in [-0.15, -0.1) is 0 Å². The molecular formula is C21H17Cl2FN4. The number of nitrogens with one attached hydrogen (secondary N) is 1. The molecule has 0 unspecified atom stereocenters. The van der Waals surface area contributed by atoms with E-state index in [0.29, 0.717) is 21.6 Å². The number of fused-ring (bicyclic) bond motifs is 1. The maximum atomic E-state index is 13.1. The minimum absolute atomic E-state index is 0.298. The summed E-state index contributed by atoms with van der Waals surface area (Å²) in [6.07, 6.45) is 2.66. The second-order valence-corrected chi connectivity index (χ2v) is 7.20. The van der Waals surface area contributed by atoms with Gasteiger partial charge in [-0.05, 0) is 48.9 Å². The van der Waals surface area contributed by atoms with Gasteiger partial charge in [0.2, 0.25) is 0 Å². The zero-order chi connectivity index (χ0) is 19.7. The molecular weight excluding hydrogens is 398 g/mol. The summed E-state index contributed by atoms with van der Waals surface area (Å²) in [5.74, 6) is 0.967. The zero-order valence-electron chi connectivity index (χ0n) is 15.1. The van der Waals surface area contributed by atoms with Gasteiger partial charge in [-0.2, -0.15) is 0 Å². The summed E-state index contributed by atoms with van der Waals surface area (Å²) < 4.78 is 15.2. The van der Waals surface area contributed by atoms with Crippen LogP contribution in [0.25, 0.3) is 22.4 Å². The topological polar surface area (TPSA) is 42.7 Å². The number of rotatable bonds is 5. The number of aryl methyl sites for hydroxylation is 1. The average molecular weight is 415 g/mol. The van der Waals surface area contributed by atoms with Gasteiger partial charge in [-0.1, -0.05) is 36.2 Å². The first-order valence-corrected chi connectivity index (χ1v) is 9.65. The van der Waals surface area contributed by atoms with Crippen LogP contribution in [0, 0.1) is 5.82 Å². The molecule has 0 amide bonds. The van der Waals surface area contributed by atoms with Gasteiger partial charge in [0, 0.05) is 24.0 Å². The molecule has 28 heavy (non-hydrogen) atoms. The first-order chi connectivity index (χ1) is 13.6. The fourth-order valence-corrected chi connectivity index (χ4v) is 3.61. The highest BCUT2D eigenvalue weighted by Crippen LogP contribution is 2.32. The van der Waals surface area contributed by atoms with E-state index in [4.69, 9.17) is 28.2 Å². The Hall–Kier alpha value is -2.63. The summed E-state index contributed by atoms with van der Waals surface area (Å²) in [5, 5.41) is 4.21. The Morgan fingerprint density at radius 2 is 1.86 bits per heavy atom. The highest BCUT2D eigenvalue weighted by Gasteiger charge is 2.16. The normalized spacial score (nSPS) is 11.1. The molecule has 0 aliphatic heterocycles. The van der Waals surface area contributed by atoms with Gasteiger partial charge in [0.1, 0.15) is 17.5 Å². The Balaban J connectivity index is 1.74.